The summed E-state index contributed by atoms with van der Waals surface area (Å²) < 4.78 is 48.2. The third-order valence-electron chi connectivity index (χ3n) is 3.68. The van der Waals surface area contributed by atoms with Gasteiger partial charge in [0.1, 0.15) is 11.6 Å². The first kappa shape index (κ1) is 22.9. The van der Waals surface area contributed by atoms with Crippen LogP contribution in [0.3, 0.4) is 0 Å². The van der Waals surface area contributed by atoms with Crippen LogP contribution in [0, 0.1) is 11.6 Å². The van der Waals surface area contributed by atoms with Crippen molar-refractivity contribution in [1.29, 1.82) is 0 Å². The van der Waals surface area contributed by atoms with Crippen molar-refractivity contribution in [3.05, 3.63) is 47.5 Å². The Morgan fingerprint density at radius 2 is 1.50 bits per heavy atom. The molecule has 0 saturated heterocycles. The van der Waals surface area contributed by atoms with E-state index in [0.29, 0.717) is 43.1 Å². The van der Waals surface area contributed by atoms with Crippen LogP contribution in [0.15, 0.2) is 30.3 Å². The standard InChI is InChI=1S/C21H23F2NO6/c1-4-27-17-9-13(10-18(28-5-2)20(17)29-6-3)21(26)30-12-19(25)24-16-8-7-14(22)11-15(16)23/h7-11H,4-6,12H2,1-3H3,(H,24,25). The number of carbonyl (C=O) groups excluding carboxylic acids is 2. The molecule has 0 aliphatic heterocycles. The normalized spacial score (nSPS) is 10.3. The average Bonchev–Trinajstić information content (AvgIpc) is 2.71. The van der Waals surface area contributed by atoms with Gasteiger partial charge in [-0.15, -0.1) is 0 Å². The highest BCUT2D eigenvalue weighted by molar-refractivity contribution is 5.96. The maximum atomic E-state index is 13.6. The van der Waals surface area contributed by atoms with E-state index >= 15 is 0 Å². The molecule has 0 saturated carbocycles. The largest absolute Gasteiger partial charge is 0.490 e. The molecule has 2 rings (SSSR count). The van der Waals surface area contributed by atoms with Crippen molar-refractivity contribution in [3.8, 4) is 17.2 Å². The van der Waals surface area contributed by atoms with Crippen LogP contribution in [-0.2, 0) is 9.53 Å². The van der Waals surface area contributed by atoms with E-state index in [4.69, 9.17) is 18.9 Å². The first-order valence-electron chi connectivity index (χ1n) is 9.38. The molecule has 0 aliphatic rings. The van der Waals surface area contributed by atoms with E-state index in [2.05, 4.69) is 5.32 Å². The van der Waals surface area contributed by atoms with Crippen LogP contribution in [0.25, 0.3) is 0 Å². The van der Waals surface area contributed by atoms with Crippen LogP contribution in [0.4, 0.5) is 14.5 Å². The first-order chi connectivity index (χ1) is 14.4. The minimum atomic E-state index is -0.941. The quantitative estimate of drug-likeness (QED) is 0.583. The molecule has 7 nitrogen and oxygen atoms in total. The number of carbonyl (C=O) groups is 2. The summed E-state index contributed by atoms with van der Waals surface area (Å²) in [4.78, 5) is 24.4. The topological polar surface area (TPSA) is 83.1 Å². The van der Waals surface area contributed by atoms with Crippen LogP contribution in [0.5, 0.6) is 17.2 Å². The summed E-state index contributed by atoms with van der Waals surface area (Å²) in [6, 6.07) is 5.55. The summed E-state index contributed by atoms with van der Waals surface area (Å²) in [6.45, 7) is 5.71. The predicted molar refractivity (Wildman–Crippen MR) is 105 cm³/mol. The highest BCUT2D eigenvalue weighted by atomic mass is 19.1. The second kappa shape index (κ2) is 11.0. The van der Waals surface area contributed by atoms with Crippen molar-refractivity contribution in [1.82, 2.24) is 0 Å². The molecule has 0 aromatic heterocycles. The monoisotopic (exact) mass is 423 g/mol. The van der Waals surface area contributed by atoms with Crippen molar-refractivity contribution in [2.75, 3.05) is 31.7 Å². The molecule has 0 aliphatic carbocycles. The van der Waals surface area contributed by atoms with Gasteiger partial charge in [0, 0.05) is 6.07 Å². The summed E-state index contributed by atoms with van der Waals surface area (Å²) in [7, 11) is 0. The summed E-state index contributed by atoms with van der Waals surface area (Å²) >= 11 is 0. The summed E-state index contributed by atoms with van der Waals surface area (Å²) in [6.07, 6.45) is 0. The number of rotatable bonds is 10. The second-order valence-electron chi connectivity index (χ2n) is 5.85. The zero-order valence-electron chi connectivity index (χ0n) is 16.9. The van der Waals surface area contributed by atoms with Crippen LogP contribution in [-0.4, -0.2) is 38.3 Å². The maximum absolute atomic E-state index is 13.6. The molecule has 9 heteroatoms. The van der Waals surface area contributed by atoms with E-state index in [1.165, 1.54) is 12.1 Å². The Balaban J connectivity index is 2.12. The van der Waals surface area contributed by atoms with Gasteiger partial charge in [0.05, 0.1) is 31.1 Å². The van der Waals surface area contributed by atoms with Gasteiger partial charge in [0.2, 0.25) is 5.75 Å². The fourth-order valence-electron chi connectivity index (χ4n) is 2.50. The van der Waals surface area contributed by atoms with Gasteiger partial charge < -0.3 is 24.3 Å². The van der Waals surface area contributed by atoms with E-state index in [-0.39, 0.29) is 11.3 Å². The number of benzene rings is 2. The average molecular weight is 423 g/mol. The van der Waals surface area contributed by atoms with Crippen LogP contribution in [0.1, 0.15) is 31.1 Å². The van der Waals surface area contributed by atoms with E-state index in [1.807, 2.05) is 0 Å². The molecule has 1 N–H and O–H groups in total. The van der Waals surface area contributed by atoms with E-state index in [9.17, 15) is 18.4 Å². The number of hydrogen-bond acceptors (Lipinski definition) is 6. The molecular weight excluding hydrogens is 400 g/mol. The Morgan fingerprint density at radius 3 is 2.03 bits per heavy atom. The Kier molecular flexibility index (Phi) is 8.40. The third-order valence-corrected chi connectivity index (χ3v) is 3.68. The molecule has 0 radical (unpaired) electrons. The van der Waals surface area contributed by atoms with Gasteiger partial charge >= 0.3 is 5.97 Å². The van der Waals surface area contributed by atoms with E-state index < -0.39 is 30.1 Å². The number of esters is 1. The molecule has 0 bridgehead atoms. The Hall–Kier alpha value is -3.36. The molecule has 2 aromatic carbocycles. The molecule has 1 amide bonds. The fourth-order valence-corrected chi connectivity index (χ4v) is 2.50. The number of amides is 1. The molecule has 0 unspecified atom stereocenters. The predicted octanol–water partition coefficient (Wildman–Crippen LogP) is 3.96. The maximum Gasteiger partial charge on any atom is 0.338 e. The van der Waals surface area contributed by atoms with E-state index in [0.717, 1.165) is 12.1 Å². The summed E-state index contributed by atoms with van der Waals surface area (Å²) in [5, 5.41) is 2.21. The van der Waals surface area contributed by atoms with Crippen molar-refractivity contribution in [2.24, 2.45) is 0 Å². The minimum absolute atomic E-state index is 0.0890. The van der Waals surface area contributed by atoms with Crippen molar-refractivity contribution in [2.45, 2.75) is 20.8 Å². The molecule has 0 fully saturated rings. The van der Waals surface area contributed by atoms with Gasteiger partial charge in [-0.25, -0.2) is 13.6 Å². The molecule has 162 valence electrons. The van der Waals surface area contributed by atoms with Crippen molar-refractivity contribution >= 4 is 17.6 Å². The smallest absolute Gasteiger partial charge is 0.338 e. The highest BCUT2D eigenvalue weighted by Crippen LogP contribution is 2.39. The van der Waals surface area contributed by atoms with Gasteiger partial charge in [0.25, 0.3) is 5.91 Å². The Bertz CT molecular complexity index is 876. The van der Waals surface area contributed by atoms with Gasteiger partial charge in [0.15, 0.2) is 18.1 Å². The van der Waals surface area contributed by atoms with Crippen molar-refractivity contribution < 1.29 is 37.3 Å². The lowest BCUT2D eigenvalue weighted by Gasteiger charge is -2.16. The van der Waals surface area contributed by atoms with Gasteiger partial charge in [-0.2, -0.15) is 0 Å². The Morgan fingerprint density at radius 1 is 0.900 bits per heavy atom. The van der Waals surface area contributed by atoms with Gasteiger partial charge in [-0.1, -0.05) is 0 Å². The number of hydrogen-bond donors (Lipinski definition) is 1. The lowest BCUT2D eigenvalue weighted by molar-refractivity contribution is -0.119. The lowest BCUT2D eigenvalue weighted by Crippen LogP contribution is -2.21. The minimum Gasteiger partial charge on any atom is -0.490 e. The highest BCUT2D eigenvalue weighted by Gasteiger charge is 2.20. The third kappa shape index (κ3) is 6.07. The lowest BCUT2D eigenvalue weighted by atomic mass is 10.2. The summed E-state index contributed by atoms with van der Waals surface area (Å²) in [5.41, 5.74) is -0.137. The van der Waals surface area contributed by atoms with Gasteiger partial charge in [-0.3, -0.25) is 4.79 Å². The van der Waals surface area contributed by atoms with E-state index in [1.54, 1.807) is 20.8 Å². The molecule has 30 heavy (non-hydrogen) atoms. The molecule has 0 heterocycles. The molecule has 0 atom stereocenters. The van der Waals surface area contributed by atoms with Gasteiger partial charge in [-0.05, 0) is 45.0 Å². The SMILES string of the molecule is CCOc1cc(C(=O)OCC(=O)Nc2ccc(F)cc2F)cc(OCC)c1OCC. The molecular formula is C21H23F2NO6. The number of ether oxygens (including phenoxy) is 4. The zero-order chi connectivity index (χ0) is 22.1. The second-order valence-corrected chi connectivity index (χ2v) is 5.85. The van der Waals surface area contributed by atoms with Crippen LogP contribution >= 0.6 is 0 Å². The fraction of sp³-hybridized carbons (Fsp3) is 0.333. The zero-order valence-corrected chi connectivity index (χ0v) is 16.9. The number of nitrogens with one attached hydrogen (secondary N) is 1. The molecule has 0 spiro atoms. The molecule has 2 aromatic rings. The first-order valence-corrected chi connectivity index (χ1v) is 9.38. The van der Waals surface area contributed by atoms with Crippen LogP contribution < -0.4 is 19.5 Å². The van der Waals surface area contributed by atoms with Crippen LogP contribution in [0.2, 0.25) is 0 Å². The Labute approximate surface area is 172 Å². The summed E-state index contributed by atoms with van der Waals surface area (Å²) in [5.74, 6) is -2.34. The van der Waals surface area contributed by atoms with Crippen molar-refractivity contribution in [3.63, 3.8) is 0 Å². The number of halogens is 2. The number of anilines is 1.